The van der Waals surface area contributed by atoms with E-state index in [0.29, 0.717) is 30.8 Å². The molecule has 2 rings (SSSR count). The summed E-state index contributed by atoms with van der Waals surface area (Å²) in [6.45, 7) is 4.24. The van der Waals surface area contributed by atoms with Crippen molar-refractivity contribution >= 4 is 27.6 Å². The summed E-state index contributed by atoms with van der Waals surface area (Å²) in [6, 6.07) is 4.78. The van der Waals surface area contributed by atoms with E-state index in [0.717, 1.165) is 25.7 Å². The molecule has 0 atom stereocenters. The molecule has 1 aromatic rings. The lowest BCUT2D eigenvalue weighted by Gasteiger charge is -2.21. The van der Waals surface area contributed by atoms with Crippen LogP contribution >= 0.6 is 0 Å². The second-order valence-electron chi connectivity index (χ2n) is 6.76. The number of hydrogen-bond donors (Lipinski definition) is 1. The van der Waals surface area contributed by atoms with Gasteiger partial charge in [-0.05, 0) is 43.9 Å². The number of rotatable bonds is 7. The van der Waals surface area contributed by atoms with Crippen molar-refractivity contribution in [1.82, 2.24) is 4.31 Å². The number of esters is 1. The molecule has 1 aliphatic heterocycles. The molecule has 8 heteroatoms. The fraction of sp³-hybridized carbons (Fsp3) is 0.579. The van der Waals surface area contributed by atoms with Crippen LogP contribution in [-0.2, 0) is 24.3 Å². The quantitative estimate of drug-likeness (QED) is 0.716. The molecule has 27 heavy (non-hydrogen) atoms. The standard InChI is InChI=1S/C19H28N2O5S/c1-3-8-19(23)26-14-18(22)20-16-10-9-15(2)17(13-16)27(24,25)21-11-6-4-5-7-12-21/h9-10,13H,3-8,11-12,14H2,1-2H3,(H,20,22). The molecule has 0 radical (unpaired) electrons. The van der Waals surface area contributed by atoms with Crippen molar-refractivity contribution in [3.8, 4) is 0 Å². The zero-order valence-electron chi connectivity index (χ0n) is 16.0. The Morgan fingerprint density at radius 2 is 1.81 bits per heavy atom. The molecule has 1 aliphatic rings. The van der Waals surface area contributed by atoms with Gasteiger partial charge in [-0.15, -0.1) is 0 Å². The normalized spacial score (nSPS) is 15.8. The Balaban J connectivity index is 2.10. The van der Waals surface area contributed by atoms with E-state index in [1.807, 2.05) is 6.92 Å². The molecule has 1 fully saturated rings. The minimum absolute atomic E-state index is 0.199. The molecule has 1 saturated heterocycles. The molecule has 1 amide bonds. The van der Waals surface area contributed by atoms with Gasteiger partial charge in [0.2, 0.25) is 10.0 Å². The fourth-order valence-electron chi connectivity index (χ4n) is 3.00. The van der Waals surface area contributed by atoms with Crippen LogP contribution in [0, 0.1) is 6.92 Å². The summed E-state index contributed by atoms with van der Waals surface area (Å²) in [7, 11) is -3.61. The average molecular weight is 397 g/mol. The van der Waals surface area contributed by atoms with Gasteiger partial charge in [-0.2, -0.15) is 4.31 Å². The molecule has 150 valence electrons. The summed E-state index contributed by atoms with van der Waals surface area (Å²) in [5.74, 6) is -0.928. The average Bonchev–Trinajstić information content (AvgIpc) is 2.92. The van der Waals surface area contributed by atoms with E-state index in [9.17, 15) is 18.0 Å². The van der Waals surface area contributed by atoms with Crippen molar-refractivity contribution in [2.24, 2.45) is 0 Å². The van der Waals surface area contributed by atoms with E-state index in [1.54, 1.807) is 19.1 Å². The third-order valence-electron chi connectivity index (χ3n) is 4.47. The van der Waals surface area contributed by atoms with Gasteiger partial charge in [0.25, 0.3) is 5.91 Å². The van der Waals surface area contributed by atoms with Crippen LogP contribution in [0.2, 0.25) is 0 Å². The Bertz CT molecular complexity index is 768. The second kappa shape index (κ2) is 9.85. The van der Waals surface area contributed by atoms with Gasteiger partial charge in [0.1, 0.15) is 0 Å². The van der Waals surface area contributed by atoms with Crippen LogP contribution in [-0.4, -0.2) is 44.3 Å². The summed E-state index contributed by atoms with van der Waals surface area (Å²) in [4.78, 5) is 23.5. The Morgan fingerprint density at radius 3 is 2.44 bits per heavy atom. The number of amides is 1. The molecule has 0 aromatic heterocycles. The smallest absolute Gasteiger partial charge is 0.306 e. The topological polar surface area (TPSA) is 92.8 Å². The number of aryl methyl sites for hydroxylation is 1. The van der Waals surface area contributed by atoms with Crippen LogP contribution < -0.4 is 5.32 Å². The predicted molar refractivity (Wildman–Crippen MR) is 103 cm³/mol. The Labute approximate surface area is 161 Å². The molecule has 0 saturated carbocycles. The molecule has 1 N–H and O–H groups in total. The van der Waals surface area contributed by atoms with Crippen molar-refractivity contribution in [2.75, 3.05) is 25.0 Å². The highest BCUT2D eigenvalue weighted by Crippen LogP contribution is 2.25. The first-order valence-electron chi connectivity index (χ1n) is 9.41. The van der Waals surface area contributed by atoms with Crippen molar-refractivity contribution in [3.63, 3.8) is 0 Å². The van der Waals surface area contributed by atoms with E-state index in [4.69, 9.17) is 4.74 Å². The Hall–Kier alpha value is -1.93. The van der Waals surface area contributed by atoms with E-state index in [-0.39, 0.29) is 17.9 Å². The maximum absolute atomic E-state index is 13.0. The maximum atomic E-state index is 13.0. The number of benzene rings is 1. The first-order valence-corrected chi connectivity index (χ1v) is 10.8. The van der Waals surface area contributed by atoms with Gasteiger partial charge in [-0.3, -0.25) is 9.59 Å². The molecule has 7 nitrogen and oxygen atoms in total. The van der Waals surface area contributed by atoms with Gasteiger partial charge in [0.05, 0.1) is 4.90 Å². The van der Waals surface area contributed by atoms with Crippen LogP contribution in [0.5, 0.6) is 0 Å². The summed E-state index contributed by atoms with van der Waals surface area (Å²) in [5.41, 5.74) is 0.997. The van der Waals surface area contributed by atoms with Crippen LogP contribution in [0.15, 0.2) is 23.1 Å². The lowest BCUT2D eigenvalue weighted by molar-refractivity contribution is -0.147. The van der Waals surface area contributed by atoms with E-state index >= 15 is 0 Å². The molecule has 0 spiro atoms. The second-order valence-corrected chi connectivity index (χ2v) is 8.66. The van der Waals surface area contributed by atoms with E-state index < -0.39 is 21.9 Å². The summed E-state index contributed by atoms with van der Waals surface area (Å²) < 4.78 is 32.5. The van der Waals surface area contributed by atoms with E-state index in [2.05, 4.69) is 5.32 Å². The maximum Gasteiger partial charge on any atom is 0.306 e. The van der Waals surface area contributed by atoms with E-state index in [1.165, 1.54) is 10.4 Å². The lowest BCUT2D eigenvalue weighted by atomic mass is 10.2. The molecule has 0 aliphatic carbocycles. The minimum Gasteiger partial charge on any atom is -0.456 e. The third kappa shape index (κ3) is 6.04. The van der Waals surface area contributed by atoms with Crippen molar-refractivity contribution < 1.29 is 22.7 Å². The highest BCUT2D eigenvalue weighted by Gasteiger charge is 2.27. The zero-order chi connectivity index (χ0) is 19.9. The van der Waals surface area contributed by atoms with Crippen LogP contribution in [0.4, 0.5) is 5.69 Å². The van der Waals surface area contributed by atoms with Gasteiger partial charge in [-0.1, -0.05) is 25.8 Å². The van der Waals surface area contributed by atoms with Crippen LogP contribution in [0.3, 0.4) is 0 Å². The minimum atomic E-state index is -3.61. The first kappa shape index (κ1) is 21.4. The SMILES string of the molecule is CCCC(=O)OCC(=O)Nc1ccc(C)c(S(=O)(=O)N2CCCCCC2)c1. The van der Waals surface area contributed by atoms with Gasteiger partial charge in [-0.25, -0.2) is 8.42 Å². The number of carbonyl (C=O) groups excluding carboxylic acids is 2. The molecular formula is C19H28N2O5S. The molecule has 0 unspecified atom stereocenters. The lowest BCUT2D eigenvalue weighted by Crippen LogP contribution is -2.32. The fourth-order valence-corrected chi connectivity index (χ4v) is 4.76. The molecular weight excluding hydrogens is 368 g/mol. The number of anilines is 1. The molecule has 0 bridgehead atoms. The summed E-state index contributed by atoms with van der Waals surface area (Å²) >= 11 is 0. The highest BCUT2D eigenvalue weighted by molar-refractivity contribution is 7.89. The number of ether oxygens (including phenoxy) is 1. The molecule has 1 aromatic carbocycles. The van der Waals surface area contributed by atoms with Crippen molar-refractivity contribution in [3.05, 3.63) is 23.8 Å². The third-order valence-corrected chi connectivity index (χ3v) is 6.51. The Morgan fingerprint density at radius 1 is 1.15 bits per heavy atom. The number of carbonyl (C=O) groups is 2. The van der Waals surface area contributed by atoms with Crippen molar-refractivity contribution in [2.45, 2.75) is 57.3 Å². The van der Waals surface area contributed by atoms with Gasteiger partial charge in [0, 0.05) is 25.2 Å². The zero-order valence-corrected chi connectivity index (χ0v) is 16.8. The first-order chi connectivity index (χ1) is 12.8. The summed E-state index contributed by atoms with van der Waals surface area (Å²) in [6.07, 6.45) is 4.71. The van der Waals surface area contributed by atoms with Crippen LogP contribution in [0.1, 0.15) is 51.0 Å². The number of sulfonamides is 1. The summed E-state index contributed by atoms with van der Waals surface area (Å²) in [5, 5.41) is 2.60. The van der Waals surface area contributed by atoms with Gasteiger partial charge in [0.15, 0.2) is 6.61 Å². The van der Waals surface area contributed by atoms with Crippen molar-refractivity contribution in [1.29, 1.82) is 0 Å². The van der Waals surface area contributed by atoms with Gasteiger partial charge >= 0.3 is 5.97 Å². The van der Waals surface area contributed by atoms with Gasteiger partial charge < -0.3 is 10.1 Å². The number of nitrogens with zero attached hydrogens (tertiary/aromatic N) is 1. The monoisotopic (exact) mass is 396 g/mol. The molecule has 1 heterocycles. The predicted octanol–water partition coefficient (Wildman–Crippen LogP) is 2.84. The number of hydrogen-bond acceptors (Lipinski definition) is 5. The number of nitrogens with one attached hydrogen (secondary N) is 1. The highest BCUT2D eigenvalue weighted by atomic mass is 32.2. The largest absolute Gasteiger partial charge is 0.456 e. The Kier molecular flexibility index (Phi) is 7.79. The van der Waals surface area contributed by atoms with Crippen LogP contribution in [0.25, 0.3) is 0 Å².